The zero-order valence-electron chi connectivity index (χ0n) is 16.8. The molecule has 28 heavy (non-hydrogen) atoms. The average molecular weight is 398 g/mol. The van der Waals surface area contributed by atoms with E-state index in [0.717, 1.165) is 34.3 Å². The highest BCUT2D eigenvalue weighted by Crippen LogP contribution is 2.38. The normalized spacial score (nSPS) is 13.9. The first-order valence-electron chi connectivity index (χ1n) is 9.40. The molecule has 4 rings (SSSR count). The molecule has 5 nitrogen and oxygen atoms in total. The van der Waals surface area contributed by atoms with E-state index < -0.39 is 5.60 Å². The highest BCUT2D eigenvalue weighted by Gasteiger charge is 2.30. The number of aromatic nitrogens is 2. The SMILES string of the molecule is Cc1c(-c2cc3cc(Cl)ncc3n2C)ccc2c1CCN2C(=O)OC(C)(C)C. The molecule has 0 unspecified atom stereocenters. The number of pyridine rings is 1. The molecule has 0 N–H and O–H groups in total. The summed E-state index contributed by atoms with van der Waals surface area (Å²) in [6.07, 6.45) is 2.34. The molecule has 3 heterocycles. The summed E-state index contributed by atoms with van der Waals surface area (Å²) < 4.78 is 7.70. The Labute approximate surface area is 169 Å². The fraction of sp³-hybridized carbons (Fsp3) is 0.364. The van der Waals surface area contributed by atoms with Gasteiger partial charge in [-0.2, -0.15) is 0 Å². The van der Waals surface area contributed by atoms with E-state index in [1.54, 1.807) is 11.1 Å². The Hall–Kier alpha value is -2.53. The molecule has 1 aromatic carbocycles. The van der Waals surface area contributed by atoms with Gasteiger partial charge in [0.25, 0.3) is 0 Å². The van der Waals surface area contributed by atoms with E-state index in [0.29, 0.717) is 11.7 Å². The van der Waals surface area contributed by atoms with Crippen LogP contribution in [0.15, 0.2) is 30.5 Å². The van der Waals surface area contributed by atoms with Crippen LogP contribution >= 0.6 is 11.6 Å². The second-order valence-electron chi connectivity index (χ2n) is 8.27. The zero-order valence-corrected chi connectivity index (χ0v) is 17.6. The number of fused-ring (bicyclic) bond motifs is 2. The number of halogens is 1. The highest BCUT2D eigenvalue weighted by molar-refractivity contribution is 6.30. The minimum Gasteiger partial charge on any atom is -0.443 e. The van der Waals surface area contributed by atoms with E-state index in [-0.39, 0.29) is 6.09 Å². The first kappa shape index (κ1) is 18.8. The van der Waals surface area contributed by atoms with Crippen molar-refractivity contribution in [2.45, 2.75) is 39.7 Å². The summed E-state index contributed by atoms with van der Waals surface area (Å²) in [6.45, 7) is 8.42. The van der Waals surface area contributed by atoms with Crippen LogP contribution in [0.25, 0.3) is 22.2 Å². The number of aryl methyl sites for hydroxylation is 1. The number of amides is 1. The highest BCUT2D eigenvalue weighted by atomic mass is 35.5. The second kappa shape index (κ2) is 6.52. The summed E-state index contributed by atoms with van der Waals surface area (Å²) in [5, 5.41) is 1.55. The van der Waals surface area contributed by atoms with Gasteiger partial charge in [-0.1, -0.05) is 17.7 Å². The Bertz CT molecular complexity index is 1100. The van der Waals surface area contributed by atoms with Gasteiger partial charge in [0.1, 0.15) is 10.8 Å². The van der Waals surface area contributed by atoms with Crippen molar-refractivity contribution < 1.29 is 9.53 Å². The molecule has 146 valence electrons. The Morgan fingerprint density at radius 3 is 2.71 bits per heavy atom. The number of hydrogen-bond donors (Lipinski definition) is 0. The number of rotatable bonds is 1. The summed E-state index contributed by atoms with van der Waals surface area (Å²) in [4.78, 5) is 18.5. The second-order valence-corrected chi connectivity index (χ2v) is 8.66. The van der Waals surface area contributed by atoms with E-state index >= 15 is 0 Å². The topological polar surface area (TPSA) is 47.4 Å². The minimum absolute atomic E-state index is 0.288. The van der Waals surface area contributed by atoms with Crippen LogP contribution in [0.3, 0.4) is 0 Å². The van der Waals surface area contributed by atoms with Gasteiger partial charge in [-0.15, -0.1) is 0 Å². The molecule has 0 saturated carbocycles. The van der Waals surface area contributed by atoms with Crippen LogP contribution < -0.4 is 4.90 Å². The number of hydrogen-bond acceptors (Lipinski definition) is 3. The maximum atomic E-state index is 12.6. The fourth-order valence-corrected chi connectivity index (χ4v) is 4.07. The van der Waals surface area contributed by atoms with Gasteiger partial charge in [-0.25, -0.2) is 9.78 Å². The number of carbonyl (C=O) groups excluding carboxylic acids is 1. The predicted octanol–water partition coefficient (Wildman–Crippen LogP) is 5.50. The van der Waals surface area contributed by atoms with Crippen molar-refractivity contribution in [3.63, 3.8) is 0 Å². The van der Waals surface area contributed by atoms with E-state index in [9.17, 15) is 4.79 Å². The lowest BCUT2D eigenvalue weighted by molar-refractivity contribution is 0.0584. The van der Waals surface area contributed by atoms with Crippen molar-refractivity contribution in [1.29, 1.82) is 0 Å². The van der Waals surface area contributed by atoms with Gasteiger partial charge in [-0.3, -0.25) is 4.90 Å². The van der Waals surface area contributed by atoms with Crippen LogP contribution in [-0.2, 0) is 18.2 Å². The number of carbonyl (C=O) groups is 1. The van der Waals surface area contributed by atoms with E-state index in [1.165, 1.54) is 11.1 Å². The molecular formula is C22H24ClN3O2. The molecule has 0 radical (unpaired) electrons. The van der Waals surface area contributed by atoms with Crippen molar-refractivity contribution in [1.82, 2.24) is 9.55 Å². The van der Waals surface area contributed by atoms with Crippen LogP contribution in [0.5, 0.6) is 0 Å². The predicted molar refractivity (Wildman–Crippen MR) is 113 cm³/mol. The van der Waals surface area contributed by atoms with Gasteiger partial charge < -0.3 is 9.30 Å². The van der Waals surface area contributed by atoms with E-state index in [1.807, 2.05) is 40.0 Å². The standard InChI is InChI=1S/C22H24ClN3O2/c1-13-15(18-10-14-11-20(23)24-12-19(14)25(18)5)6-7-17-16(13)8-9-26(17)21(27)28-22(2,3)4/h6-7,10-12H,8-9H2,1-5H3. The Kier molecular flexibility index (Phi) is 4.38. The quantitative estimate of drug-likeness (QED) is 0.509. The first-order chi connectivity index (χ1) is 13.2. The summed E-state index contributed by atoms with van der Waals surface area (Å²) in [5.41, 5.74) is 6.12. The Morgan fingerprint density at radius 1 is 1.25 bits per heavy atom. The van der Waals surface area contributed by atoms with Crippen LogP contribution in [-0.4, -0.2) is 27.8 Å². The van der Waals surface area contributed by atoms with Gasteiger partial charge in [0.15, 0.2) is 0 Å². The third-order valence-corrected chi connectivity index (χ3v) is 5.44. The Morgan fingerprint density at radius 2 is 2.00 bits per heavy atom. The maximum absolute atomic E-state index is 12.6. The minimum atomic E-state index is -0.507. The van der Waals surface area contributed by atoms with Crippen LogP contribution in [0.4, 0.5) is 10.5 Å². The van der Waals surface area contributed by atoms with E-state index in [4.69, 9.17) is 16.3 Å². The third kappa shape index (κ3) is 3.14. The molecule has 0 saturated heterocycles. The lowest BCUT2D eigenvalue weighted by Crippen LogP contribution is -2.35. The van der Waals surface area contributed by atoms with Gasteiger partial charge >= 0.3 is 6.09 Å². The van der Waals surface area contributed by atoms with Crippen LogP contribution in [0.1, 0.15) is 31.9 Å². The van der Waals surface area contributed by atoms with Gasteiger partial charge in [0.05, 0.1) is 17.4 Å². The molecule has 0 aliphatic carbocycles. The van der Waals surface area contributed by atoms with Crippen LogP contribution in [0.2, 0.25) is 5.15 Å². The molecule has 3 aromatic rings. The van der Waals surface area contributed by atoms with Crippen molar-refractivity contribution in [3.8, 4) is 11.3 Å². The summed E-state index contributed by atoms with van der Waals surface area (Å²) >= 11 is 6.06. The molecule has 6 heteroatoms. The maximum Gasteiger partial charge on any atom is 0.414 e. The molecule has 0 spiro atoms. The molecule has 0 fully saturated rings. The molecule has 0 atom stereocenters. The number of ether oxygens (including phenoxy) is 1. The van der Waals surface area contributed by atoms with Crippen LogP contribution in [0, 0.1) is 6.92 Å². The molecule has 1 aliphatic rings. The number of anilines is 1. The van der Waals surface area contributed by atoms with Crippen molar-refractivity contribution >= 4 is 34.3 Å². The summed E-state index contributed by atoms with van der Waals surface area (Å²) in [5.74, 6) is 0. The smallest absolute Gasteiger partial charge is 0.414 e. The van der Waals surface area contributed by atoms with Gasteiger partial charge in [-0.05, 0) is 63.4 Å². The lowest BCUT2D eigenvalue weighted by atomic mass is 9.98. The lowest BCUT2D eigenvalue weighted by Gasteiger charge is -2.25. The molecule has 2 aromatic heterocycles. The first-order valence-corrected chi connectivity index (χ1v) is 9.78. The molecule has 0 bridgehead atoms. The summed E-state index contributed by atoms with van der Waals surface area (Å²) in [7, 11) is 2.03. The van der Waals surface area contributed by atoms with E-state index in [2.05, 4.69) is 28.6 Å². The van der Waals surface area contributed by atoms with Crippen molar-refractivity contribution in [2.75, 3.05) is 11.4 Å². The molecule has 1 aliphatic heterocycles. The summed E-state index contributed by atoms with van der Waals surface area (Å²) in [6, 6.07) is 8.13. The molecular weight excluding hydrogens is 374 g/mol. The monoisotopic (exact) mass is 397 g/mol. The third-order valence-electron chi connectivity index (χ3n) is 5.24. The zero-order chi connectivity index (χ0) is 20.2. The van der Waals surface area contributed by atoms with Crippen molar-refractivity contribution in [3.05, 3.63) is 46.7 Å². The largest absolute Gasteiger partial charge is 0.443 e. The van der Waals surface area contributed by atoms with Gasteiger partial charge in [0, 0.05) is 30.2 Å². The average Bonchev–Trinajstić information content (AvgIpc) is 3.16. The van der Waals surface area contributed by atoms with Crippen molar-refractivity contribution in [2.24, 2.45) is 7.05 Å². The number of benzene rings is 1. The van der Waals surface area contributed by atoms with Gasteiger partial charge in [0.2, 0.25) is 0 Å². The Balaban J connectivity index is 1.75. The number of nitrogens with zero attached hydrogens (tertiary/aromatic N) is 3. The fourth-order valence-electron chi connectivity index (χ4n) is 3.90. The molecule has 1 amide bonds.